The van der Waals surface area contributed by atoms with Crippen molar-refractivity contribution >= 4 is 11.5 Å². The van der Waals surface area contributed by atoms with E-state index in [0.717, 1.165) is 6.54 Å². The highest BCUT2D eigenvalue weighted by atomic mass is 16.6. The summed E-state index contributed by atoms with van der Waals surface area (Å²) in [7, 11) is 2.08. The van der Waals surface area contributed by atoms with Crippen molar-refractivity contribution in [3.8, 4) is 6.07 Å². The number of pyridine rings is 1. The maximum Gasteiger partial charge on any atom is 0.312 e. The second-order valence-corrected chi connectivity index (χ2v) is 5.31. The number of nitrogens with zero attached hydrogens (tertiary/aromatic N) is 4. The number of rotatable bonds is 6. The Balaban J connectivity index is 1.93. The molecule has 1 aromatic heterocycles. The lowest BCUT2D eigenvalue weighted by Gasteiger charge is -2.23. The molecule has 1 saturated carbocycles. The van der Waals surface area contributed by atoms with E-state index in [0.29, 0.717) is 12.6 Å². The monoisotopic (exact) mass is 289 g/mol. The van der Waals surface area contributed by atoms with Crippen molar-refractivity contribution in [1.29, 1.82) is 5.26 Å². The predicted molar refractivity (Wildman–Crippen MR) is 79.0 cm³/mol. The van der Waals surface area contributed by atoms with Gasteiger partial charge >= 0.3 is 5.69 Å². The SMILES string of the molecule is CN(CCNc1ncc(C#N)cc1[N+](=O)[O-])C1CCCC1. The molecule has 1 heterocycles. The second-order valence-electron chi connectivity index (χ2n) is 5.31. The Morgan fingerprint density at radius 2 is 2.29 bits per heavy atom. The predicted octanol–water partition coefficient (Wildman–Crippen LogP) is 2.15. The quantitative estimate of drug-likeness (QED) is 0.637. The van der Waals surface area contributed by atoms with Gasteiger partial charge in [-0.3, -0.25) is 10.1 Å². The number of anilines is 1. The van der Waals surface area contributed by atoms with E-state index < -0.39 is 4.92 Å². The first-order valence-electron chi connectivity index (χ1n) is 7.10. The Kier molecular flexibility index (Phi) is 5.06. The van der Waals surface area contributed by atoms with Crippen LogP contribution >= 0.6 is 0 Å². The Bertz CT molecular complexity index is 549. The van der Waals surface area contributed by atoms with Gasteiger partial charge in [-0.1, -0.05) is 12.8 Å². The summed E-state index contributed by atoms with van der Waals surface area (Å²) in [6.07, 6.45) is 6.36. The van der Waals surface area contributed by atoms with E-state index in [2.05, 4.69) is 22.2 Å². The van der Waals surface area contributed by atoms with Crippen LogP contribution in [0.25, 0.3) is 0 Å². The van der Waals surface area contributed by atoms with E-state index in [4.69, 9.17) is 5.26 Å². The van der Waals surface area contributed by atoms with Crippen LogP contribution in [0.2, 0.25) is 0 Å². The van der Waals surface area contributed by atoms with Crippen LogP contribution in [0.1, 0.15) is 31.2 Å². The van der Waals surface area contributed by atoms with Gasteiger partial charge in [-0.15, -0.1) is 0 Å². The lowest BCUT2D eigenvalue weighted by Crippen LogP contribution is -2.33. The van der Waals surface area contributed by atoms with Gasteiger partial charge in [-0.25, -0.2) is 4.98 Å². The summed E-state index contributed by atoms with van der Waals surface area (Å²) in [5, 5.41) is 22.8. The summed E-state index contributed by atoms with van der Waals surface area (Å²) in [4.78, 5) is 16.7. The molecule has 1 aliphatic rings. The highest BCUT2D eigenvalue weighted by Crippen LogP contribution is 2.23. The van der Waals surface area contributed by atoms with E-state index in [-0.39, 0.29) is 17.1 Å². The first-order chi connectivity index (χ1) is 10.1. The largest absolute Gasteiger partial charge is 0.363 e. The number of aromatic nitrogens is 1. The molecule has 0 aromatic carbocycles. The number of nitrogens with one attached hydrogen (secondary N) is 1. The van der Waals surface area contributed by atoms with E-state index in [1.165, 1.54) is 37.9 Å². The summed E-state index contributed by atoms with van der Waals surface area (Å²) in [6, 6.07) is 3.72. The second kappa shape index (κ2) is 6.99. The molecule has 7 heteroatoms. The number of nitriles is 1. The maximum atomic E-state index is 11.0. The minimum atomic E-state index is -0.517. The molecule has 0 radical (unpaired) electrons. The molecule has 0 saturated heterocycles. The molecule has 112 valence electrons. The maximum absolute atomic E-state index is 11.0. The van der Waals surface area contributed by atoms with Crippen molar-refractivity contribution in [2.45, 2.75) is 31.7 Å². The van der Waals surface area contributed by atoms with Crippen LogP contribution in [-0.4, -0.2) is 41.0 Å². The number of hydrogen-bond acceptors (Lipinski definition) is 6. The van der Waals surface area contributed by atoms with E-state index in [9.17, 15) is 10.1 Å². The van der Waals surface area contributed by atoms with Crippen LogP contribution in [0.3, 0.4) is 0 Å². The third-order valence-electron chi connectivity index (χ3n) is 3.90. The highest BCUT2D eigenvalue weighted by molar-refractivity contribution is 5.58. The van der Waals surface area contributed by atoms with Crippen LogP contribution in [-0.2, 0) is 0 Å². The molecule has 1 aliphatic carbocycles. The molecule has 1 N–H and O–H groups in total. The summed E-state index contributed by atoms with van der Waals surface area (Å²) in [5.74, 6) is 0.221. The summed E-state index contributed by atoms with van der Waals surface area (Å²) in [6.45, 7) is 1.40. The van der Waals surface area contributed by atoms with Crippen LogP contribution in [0.4, 0.5) is 11.5 Å². The van der Waals surface area contributed by atoms with Gasteiger partial charge < -0.3 is 10.2 Å². The summed E-state index contributed by atoms with van der Waals surface area (Å²) < 4.78 is 0. The minimum Gasteiger partial charge on any atom is -0.363 e. The van der Waals surface area contributed by atoms with Crippen molar-refractivity contribution < 1.29 is 4.92 Å². The number of likely N-dealkylation sites (N-methyl/N-ethyl adjacent to an activating group) is 1. The molecule has 2 rings (SSSR count). The van der Waals surface area contributed by atoms with E-state index in [1.54, 1.807) is 0 Å². The van der Waals surface area contributed by atoms with Crippen LogP contribution in [0, 0.1) is 21.4 Å². The van der Waals surface area contributed by atoms with Gasteiger partial charge in [0.15, 0.2) is 0 Å². The van der Waals surface area contributed by atoms with Gasteiger partial charge in [0.05, 0.1) is 10.5 Å². The Labute approximate surface area is 123 Å². The molecular weight excluding hydrogens is 270 g/mol. The molecule has 0 amide bonds. The minimum absolute atomic E-state index is 0.155. The molecule has 0 unspecified atom stereocenters. The molecule has 1 aromatic rings. The average Bonchev–Trinajstić information content (AvgIpc) is 3.01. The smallest absolute Gasteiger partial charge is 0.312 e. The van der Waals surface area contributed by atoms with Crippen LogP contribution < -0.4 is 5.32 Å². The van der Waals surface area contributed by atoms with Gasteiger partial charge in [0.2, 0.25) is 5.82 Å². The summed E-state index contributed by atoms with van der Waals surface area (Å²) >= 11 is 0. The van der Waals surface area contributed by atoms with Crippen LogP contribution in [0.5, 0.6) is 0 Å². The van der Waals surface area contributed by atoms with E-state index in [1.807, 2.05) is 6.07 Å². The zero-order valence-corrected chi connectivity index (χ0v) is 12.1. The number of hydrogen-bond donors (Lipinski definition) is 1. The first-order valence-corrected chi connectivity index (χ1v) is 7.10. The fourth-order valence-corrected chi connectivity index (χ4v) is 2.67. The van der Waals surface area contributed by atoms with Crippen LogP contribution in [0.15, 0.2) is 12.3 Å². The van der Waals surface area contributed by atoms with Crippen molar-refractivity contribution in [3.05, 3.63) is 27.9 Å². The lowest BCUT2D eigenvalue weighted by molar-refractivity contribution is -0.384. The molecule has 0 aliphatic heterocycles. The normalized spacial score (nSPS) is 15.1. The average molecular weight is 289 g/mol. The third kappa shape index (κ3) is 3.89. The molecule has 0 atom stereocenters. The van der Waals surface area contributed by atoms with Gasteiger partial charge in [0.1, 0.15) is 6.07 Å². The topological polar surface area (TPSA) is 95.1 Å². The van der Waals surface area contributed by atoms with Gasteiger partial charge in [0.25, 0.3) is 0 Å². The van der Waals surface area contributed by atoms with Gasteiger partial charge in [-0.05, 0) is 19.9 Å². The highest BCUT2D eigenvalue weighted by Gasteiger charge is 2.20. The van der Waals surface area contributed by atoms with Gasteiger partial charge in [0, 0.05) is 31.4 Å². The molecule has 0 spiro atoms. The standard InChI is InChI=1S/C14H19N5O2/c1-18(12-4-2-3-5-12)7-6-16-14-13(19(20)21)8-11(9-15)10-17-14/h8,10,12H,2-7H2,1H3,(H,16,17). The molecular formula is C14H19N5O2. The van der Waals surface area contributed by atoms with Gasteiger partial charge in [-0.2, -0.15) is 5.26 Å². The van der Waals surface area contributed by atoms with E-state index >= 15 is 0 Å². The number of nitro groups is 1. The Morgan fingerprint density at radius 3 is 2.90 bits per heavy atom. The molecule has 1 fully saturated rings. The zero-order chi connectivity index (χ0) is 15.2. The first kappa shape index (κ1) is 15.2. The molecule has 0 bridgehead atoms. The molecule has 7 nitrogen and oxygen atoms in total. The van der Waals surface area contributed by atoms with Crippen molar-refractivity contribution in [3.63, 3.8) is 0 Å². The summed E-state index contributed by atoms with van der Waals surface area (Å²) in [5.41, 5.74) is 0.0351. The Hall–Kier alpha value is -2.20. The van der Waals surface area contributed by atoms with Crippen molar-refractivity contribution in [1.82, 2.24) is 9.88 Å². The Morgan fingerprint density at radius 1 is 1.57 bits per heavy atom. The zero-order valence-electron chi connectivity index (χ0n) is 12.1. The third-order valence-corrected chi connectivity index (χ3v) is 3.90. The molecule has 21 heavy (non-hydrogen) atoms. The fraction of sp³-hybridized carbons (Fsp3) is 0.571. The van der Waals surface area contributed by atoms with Crippen molar-refractivity contribution in [2.75, 3.05) is 25.5 Å². The fourth-order valence-electron chi connectivity index (χ4n) is 2.67. The lowest BCUT2D eigenvalue weighted by atomic mass is 10.2. The van der Waals surface area contributed by atoms with Crippen molar-refractivity contribution in [2.24, 2.45) is 0 Å².